The molecule has 0 spiro atoms. The Labute approximate surface area is 110 Å². The smallest absolute Gasteiger partial charge is 0.0868 e. The second kappa shape index (κ2) is 3.98. The lowest BCUT2D eigenvalue weighted by atomic mass is 10.1. The number of anilines is 1. The minimum Gasteiger partial charge on any atom is -0.387 e. The van der Waals surface area contributed by atoms with Crippen molar-refractivity contribution in [2.24, 2.45) is 0 Å². The molecule has 0 unspecified atom stereocenters. The van der Waals surface area contributed by atoms with Crippen molar-refractivity contribution in [1.29, 1.82) is 0 Å². The van der Waals surface area contributed by atoms with Crippen LogP contribution in [0.3, 0.4) is 0 Å². The first-order chi connectivity index (χ1) is 8.20. The van der Waals surface area contributed by atoms with Gasteiger partial charge in [-0.05, 0) is 65.4 Å². The summed E-state index contributed by atoms with van der Waals surface area (Å²) in [5, 5.41) is 4.60. The summed E-state index contributed by atoms with van der Waals surface area (Å²) in [5.41, 5.74) is 6.30. The Bertz CT molecular complexity index is 605. The van der Waals surface area contributed by atoms with E-state index in [1.807, 2.05) is 7.05 Å². The third-order valence-corrected chi connectivity index (χ3v) is 4.07. The van der Waals surface area contributed by atoms with Crippen molar-refractivity contribution in [2.75, 3.05) is 12.4 Å². The molecule has 1 aromatic heterocycles. The van der Waals surface area contributed by atoms with Crippen LogP contribution < -0.4 is 5.32 Å². The lowest BCUT2D eigenvalue weighted by Gasteiger charge is -2.13. The molecule has 0 atom stereocenters. The number of aryl methyl sites for hydroxylation is 2. The molecule has 0 radical (unpaired) electrons. The maximum Gasteiger partial charge on any atom is 0.0868 e. The zero-order chi connectivity index (χ0) is 12.0. The fourth-order valence-electron chi connectivity index (χ4n) is 2.74. The number of hydrogen-bond donors (Lipinski definition) is 1. The molecule has 3 rings (SSSR count). The molecule has 2 aromatic rings. The summed E-state index contributed by atoms with van der Waals surface area (Å²) in [4.78, 5) is 4.82. The van der Waals surface area contributed by atoms with Gasteiger partial charge >= 0.3 is 0 Å². The highest BCUT2D eigenvalue weighted by Crippen LogP contribution is 2.36. The molecular weight excluding hydrogens is 276 g/mol. The molecule has 2 nitrogen and oxygen atoms in total. The van der Waals surface area contributed by atoms with Gasteiger partial charge in [-0.1, -0.05) is 0 Å². The summed E-state index contributed by atoms with van der Waals surface area (Å²) in [7, 11) is 2.00. The molecule has 1 aromatic carbocycles. The van der Waals surface area contributed by atoms with E-state index in [-0.39, 0.29) is 0 Å². The Morgan fingerprint density at radius 2 is 2.12 bits per heavy atom. The molecule has 0 fully saturated rings. The molecular formula is C14H15BrN2. The van der Waals surface area contributed by atoms with Gasteiger partial charge in [0, 0.05) is 28.3 Å². The average Bonchev–Trinajstić information content (AvgIpc) is 2.74. The Balaban J connectivity index is 2.45. The Hall–Kier alpha value is -1.09. The predicted octanol–water partition coefficient (Wildman–Crippen LogP) is 3.84. The summed E-state index contributed by atoms with van der Waals surface area (Å²) in [5.74, 6) is 0. The number of fused-ring (bicyclic) bond motifs is 2. The highest BCUT2D eigenvalue weighted by molar-refractivity contribution is 9.10. The number of halogens is 1. The van der Waals surface area contributed by atoms with E-state index in [9.17, 15) is 0 Å². The Morgan fingerprint density at radius 1 is 1.29 bits per heavy atom. The van der Waals surface area contributed by atoms with Crippen molar-refractivity contribution in [2.45, 2.75) is 26.2 Å². The molecule has 1 N–H and O–H groups in total. The predicted molar refractivity (Wildman–Crippen MR) is 75.8 cm³/mol. The van der Waals surface area contributed by atoms with Gasteiger partial charge in [-0.15, -0.1) is 0 Å². The van der Waals surface area contributed by atoms with Gasteiger partial charge < -0.3 is 5.32 Å². The molecule has 0 bridgehead atoms. The van der Waals surface area contributed by atoms with E-state index in [0.29, 0.717) is 0 Å². The minimum absolute atomic E-state index is 1.08. The van der Waals surface area contributed by atoms with Crippen LogP contribution >= 0.6 is 15.9 Å². The largest absolute Gasteiger partial charge is 0.387 e. The summed E-state index contributed by atoms with van der Waals surface area (Å²) in [6.07, 6.45) is 3.49. The third-order valence-electron chi connectivity index (χ3n) is 3.46. The summed E-state index contributed by atoms with van der Waals surface area (Å²) in [6.45, 7) is 2.12. The SMILES string of the molecule is CNc1c2c(nc3c(Br)cc(C)cc13)CCC2. The maximum absolute atomic E-state index is 4.82. The fourth-order valence-corrected chi connectivity index (χ4v) is 3.41. The van der Waals surface area contributed by atoms with Crippen LogP contribution in [0, 0.1) is 6.92 Å². The molecule has 0 amide bonds. The number of benzene rings is 1. The minimum atomic E-state index is 1.08. The standard InChI is InChI=1S/C14H15BrN2/c1-8-6-10-13(16-2)9-4-3-5-12(9)17-14(10)11(15)7-8/h6-7H,3-5H2,1-2H3,(H,16,17). The Morgan fingerprint density at radius 3 is 2.88 bits per heavy atom. The molecule has 0 aliphatic heterocycles. The normalized spacial score (nSPS) is 14.1. The zero-order valence-electron chi connectivity index (χ0n) is 10.1. The van der Waals surface area contributed by atoms with Crippen LogP contribution in [-0.4, -0.2) is 12.0 Å². The number of aromatic nitrogens is 1. The first-order valence-electron chi connectivity index (χ1n) is 6.00. The number of pyridine rings is 1. The number of nitrogens with zero attached hydrogens (tertiary/aromatic N) is 1. The van der Waals surface area contributed by atoms with Crippen molar-refractivity contribution in [3.05, 3.63) is 33.4 Å². The van der Waals surface area contributed by atoms with Gasteiger partial charge in [0.25, 0.3) is 0 Å². The van der Waals surface area contributed by atoms with Gasteiger partial charge in [-0.2, -0.15) is 0 Å². The van der Waals surface area contributed by atoms with Crippen LogP contribution in [-0.2, 0) is 12.8 Å². The number of rotatable bonds is 1. The van der Waals surface area contributed by atoms with Crippen LogP contribution in [0.1, 0.15) is 23.2 Å². The third kappa shape index (κ3) is 1.64. The Kier molecular flexibility index (Phi) is 2.58. The van der Waals surface area contributed by atoms with Crippen LogP contribution in [0.15, 0.2) is 16.6 Å². The van der Waals surface area contributed by atoms with Crippen LogP contribution in [0.2, 0.25) is 0 Å². The van der Waals surface area contributed by atoms with Crippen molar-refractivity contribution in [3.63, 3.8) is 0 Å². The lowest BCUT2D eigenvalue weighted by Crippen LogP contribution is -2.00. The molecule has 3 heteroatoms. The lowest BCUT2D eigenvalue weighted by molar-refractivity contribution is 0.901. The van der Waals surface area contributed by atoms with Crippen molar-refractivity contribution >= 4 is 32.5 Å². The van der Waals surface area contributed by atoms with Crippen molar-refractivity contribution in [3.8, 4) is 0 Å². The van der Waals surface area contributed by atoms with E-state index in [4.69, 9.17) is 4.98 Å². The summed E-state index contributed by atoms with van der Waals surface area (Å²) < 4.78 is 1.10. The first-order valence-corrected chi connectivity index (χ1v) is 6.79. The zero-order valence-corrected chi connectivity index (χ0v) is 11.7. The van der Waals surface area contributed by atoms with Crippen LogP contribution in [0.5, 0.6) is 0 Å². The molecule has 1 aliphatic carbocycles. The summed E-state index contributed by atoms with van der Waals surface area (Å²) in [6, 6.07) is 4.35. The van der Waals surface area contributed by atoms with E-state index in [2.05, 4.69) is 40.3 Å². The van der Waals surface area contributed by atoms with Crippen molar-refractivity contribution in [1.82, 2.24) is 4.98 Å². The molecule has 17 heavy (non-hydrogen) atoms. The van der Waals surface area contributed by atoms with E-state index in [0.717, 1.165) is 22.8 Å². The maximum atomic E-state index is 4.82. The van der Waals surface area contributed by atoms with Gasteiger partial charge in [-0.3, -0.25) is 4.98 Å². The fraction of sp³-hybridized carbons (Fsp3) is 0.357. The average molecular weight is 291 g/mol. The van der Waals surface area contributed by atoms with E-state index in [1.165, 1.54) is 34.3 Å². The highest BCUT2D eigenvalue weighted by Gasteiger charge is 2.19. The van der Waals surface area contributed by atoms with Crippen LogP contribution in [0.4, 0.5) is 5.69 Å². The van der Waals surface area contributed by atoms with Gasteiger partial charge in [0.05, 0.1) is 5.52 Å². The highest BCUT2D eigenvalue weighted by atomic mass is 79.9. The summed E-state index contributed by atoms with van der Waals surface area (Å²) >= 11 is 3.63. The monoisotopic (exact) mass is 290 g/mol. The van der Waals surface area contributed by atoms with Crippen LogP contribution in [0.25, 0.3) is 10.9 Å². The molecule has 0 saturated heterocycles. The van der Waals surface area contributed by atoms with Crippen molar-refractivity contribution < 1.29 is 0 Å². The van der Waals surface area contributed by atoms with Gasteiger partial charge in [0.2, 0.25) is 0 Å². The molecule has 0 saturated carbocycles. The molecule has 1 heterocycles. The first kappa shape index (κ1) is 11.0. The van der Waals surface area contributed by atoms with E-state index >= 15 is 0 Å². The molecule has 88 valence electrons. The van der Waals surface area contributed by atoms with E-state index < -0.39 is 0 Å². The number of hydrogen-bond acceptors (Lipinski definition) is 2. The van der Waals surface area contributed by atoms with E-state index in [1.54, 1.807) is 0 Å². The second-order valence-electron chi connectivity index (χ2n) is 4.66. The van der Waals surface area contributed by atoms with Gasteiger partial charge in [0.15, 0.2) is 0 Å². The second-order valence-corrected chi connectivity index (χ2v) is 5.51. The topological polar surface area (TPSA) is 24.9 Å². The number of nitrogens with one attached hydrogen (secondary N) is 1. The van der Waals surface area contributed by atoms with Gasteiger partial charge in [-0.25, -0.2) is 0 Å². The molecule has 1 aliphatic rings. The van der Waals surface area contributed by atoms with Gasteiger partial charge in [0.1, 0.15) is 0 Å². The quantitative estimate of drug-likeness (QED) is 0.863.